The first-order chi connectivity index (χ1) is 18.4. The van der Waals surface area contributed by atoms with Gasteiger partial charge in [-0.15, -0.1) is 0 Å². The van der Waals surface area contributed by atoms with Gasteiger partial charge in [0.25, 0.3) is 5.91 Å². The Hall–Kier alpha value is -4.74. The summed E-state index contributed by atoms with van der Waals surface area (Å²) in [6.45, 7) is 5.33. The highest BCUT2D eigenvalue weighted by Gasteiger charge is 2.36. The van der Waals surface area contributed by atoms with E-state index >= 15 is 0 Å². The number of anilines is 1. The number of carboxylic acids is 1. The second-order valence-electron chi connectivity index (χ2n) is 9.01. The summed E-state index contributed by atoms with van der Waals surface area (Å²) >= 11 is 0. The first-order valence-electron chi connectivity index (χ1n) is 11.8. The van der Waals surface area contributed by atoms with Crippen molar-refractivity contribution >= 4 is 17.6 Å². The number of aromatic carboxylic acids is 1. The number of ether oxygens (including phenoxy) is 1. The molecular weight excluding hydrogens is 515 g/mol. The van der Waals surface area contributed by atoms with Crippen LogP contribution in [0.1, 0.15) is 51.3 Å². The van der Waals surface area contributed by atoms with E-state index in [2.05, 4.69) is 15.1 Å². The molecule has 1 amide bonds. The Balaban J connectivity index is 1.69. The summed E-state index contributed by atoms with van der Waals surface area (Å²) in [5, 5.41) is 13.8. The van der Waals surface area contributed by atoms with Crippen LogP contribution in [0.4, 0.5) is 18.9 Å². The molecule has 0 aliphatic rings. The first kappa shape index (κ1) is 27.3. The van der Waals surface area contributed by atoms with Gasteiger partial charge >= 0.3 is 12.1 Å². The number of carboxylic acid groups (broad SMARTS) is 1. The average Bonchev–Trinajstić information content (AvgIpc) is 3.38. The molecule has 0 aliphatic carbocycles. The number of carbonyl (C=O) groups is 2. The number of hydrogen-bond donors (Lipinski definition) is 1. The summed E-state index contributed by atoms with van der Waals surface area (Å²) in [6, 6.07) is 11.0. The maximum Gasteiger partial charge on any atom is 0.421 e. The molecule has 0 bridgehead atoms. The number of aromatic nitrogens is 4. The molecule has 39 heavy (non-hydrogen) atoms. The Kier molecular flexibility index (Phi) is 7.65. The molecule has 0 atom stereocenters. The predicted molar refractivity (Wildman–Crippen MR) is 135 cm³/mol. The lowest BCUT2D eigenvalue weighted by Crippen LogP contribution is -2.38. The fourth-order valence-electron chi connectivity index (χ4n) is 3.90. The fraction of sp³-hybridized carbons (Fsp3) is 0.222. The molecule has 2 aromatic carbocycles. The smallest absolute Gasteiger partial charge is 0.421 e. The molecule has 0 aliphatic heterocycles. The summed E-state index contributed by atoms with van der Waals surface area (Å²) in [5.74, 6) is -2.75. The van der Waals surface area contributed by atoms with Gasteiger partial charge in [-0.3, -0.25) is 4.79 Å². The van der Waals surface area contributed by atoms with Crippen LogP contribution in [0.2, 0.25) is 0 Å². The van der Waals surface area contributed by atoms with Gasteiger partial charge in [-0.1, -0.05) is 17.7 Å². The largest absolute Gasteiger partial charge is 0.478 e. The molecule has 2 aromatic heterocycles. The van der Waals surface area contributed by atoms with E-state index in [0.717, 1.165) is 17.7 Å². The van der Waals surface area contributed by atoms with Crippen LogP contribution in [-0.2, 0) is 12.7 Å². The molecule has 0 unspecified atom stereocenters. The van der Waals surface area contributed by atoms with Crippen LogP contribution in [-0.4, -0.2) is 42.8 Å². The van der Waals surface area contributed by atoms with Crippen molar-refractivity contribution in [3.63, 3.8) is 0 Å². The number of nitrogens with zero attached hydrogens (tertiary/aromatic N) is 5. The molecule has 1 N–H and O–H groups in total. The maximum absolute atomic E-state index is 13.9. The van der Waals surface area contributed by atoms with E-state index < -0.39 is 35.5 Å². The van der Waals surface area contributed by atoms with E-state index in [4.69, 9.17) is 4.74 Å². The molecule has 12 heteroatoms. The van der Waals surface area contributed by atoms with Gasteiger partial charge in [0.05, 0.1) is 17.8 Å². The third-order valence-electron chi connectivity index (χ3n) is 5.73. The summed E-state index contributed by atoms with van der Waals surface area (Å²) in [4.78, 5) is 34.4. The van der Waals surface area contributed by atoms with Gasteiger partial charge in [-0.05, 0) is 62.7 Å². The van der Waals surface area contributed by atoms with Crippen LogP contribution in [0.25, 0.3) is 0 Å². The number of benzene rings is 2. The van der Waals surface area contributed by atoms with Gasteiger partial charge in [0, 0.05) is 17.8 Å². The van der Waals surface area contributed by atoms with E-state index in [1.54, 1.807) is 38.1 Å². The van der Waals surface area contributed by atoms with Crippen molar-refractivity contribution in [1.29, 1.82) is 0 Å². The Morgan fingerprint density at radius 1 is 1.10 bits per heavy atom. The summed E-state index contributed by atoms with van der Waals surface area (Å²) in [5.41, 5.74) is 0.133. The SMILES string of the molecule is Cc1ccc(C(=O)N(c2ccc(Oc3ncc(Cn4cncn4)cc3C(F)(F)F)cc2C(=O)O)C(C)C)cc1. The lowest BCUT2D eigenvalue weighted by Gasteiger charge is -2.28. The standard InChI is InChI=1S/C27H24F3N5O4/c1-16(2)35(25(36)19-6-4-17(3)5-7-19)23-9-8-20(11-21(23)26(37)38)39-24-22(27(28,29)30)10-18(12-32-24)13-34-15-31-14-33-34/h4-12,14-16H,13H2,1-3H3,(H,37,38). The van der Waals surface area contributed by atoms with Crippen LogP contribution in [0, 0.1) is 6.92 Å². The monoisotopic (exact) mass is 539 g/mol. The summed E-state index contributed by atoms with van der Waals surface area (Å²) in [7, 11) is 0. The van der Waals surface area contributed by atoms with Gasteiger partial charge in [-0.2, -0.15) is 18.3 Å². The zero-order valence-electron chi connectivity index (χ0n) is 21.2. The highest BCUT2D eigenvalue weighted by molar-refractivity contribution is 6.09. The van der Waals surface area contributed by atoms with Gasteiger partial charge in [0.2, 0.25) is 5.88 Å². The predicted octanol–water partition coefficient (Wildman–Crippen LogP) is 5.59. The zero-order chi connectivity index (χ0) is 28.3. The summed E-state index contributed by atoms with van der Waals surface area (Å²) in [6.07, 6.45) is -0.977. The molecule has 0 saturated heterocycles. The molecule has 0 saturated carbocycles. The van der Waals surface area contributed by atoms with Gasteiger partial charge in [0.15, 0.2) is 0 Å². The van der Waals surface area contributed by atoms with Crippen LogP contribution in [0.5, 0.6) is 11.6 Å². The number of amides is 1. The number of alkyl halides is 3. The van der Waals surface area contributed by atoms with Crippen molar-refractivity contribution in [2.24, 2.45) is 0 Å². The van der Waals surface area contributed by atoms with Crippen molar-refractivity contribution in [2.45, 2.75) is 39.5 Å². The van der Waals surface area contributed by atoms with Crippen molar-refractivity contribution < 1.29 is 32.6 Å². The molecular formula is C27H24F3N5O4. The third kappa shape index (κ3) is 6.22. The normalized spacial score (nSPS) is 11.5. The third-order valence-corrected chi connectivity index (χ3v) is 5.73. The first-order valence-corrected chi connectivity index (χ1v) is 11.8. The molecule has 0 radical (unpaired) electrons. The van der Waals surface area contributed by atoms with Gasteiger partial charge in [0.1, 0.15) is 24.0 Å². The average molecular weight is 540 g/mol. The van der Waals surface area contributed by atoms with E-state index in [1.807, 2.05) is 6.92 Å². The molecule has 202 valence electrons. The lowest BCUT2D eigenvalue weighted by atomic mass is 10.1. The van der Waals surface area contributed by atoms with E-state index in [0.29, 0.717) is 5.56 Å². The van der Waals surface area contributed by atoms with Crippen LogP contribution in [0.3, 0.4) is 0 Å². The molecule has 0 fully saturated rings. The minimum atomic E-state index is -4.80. The van der Waals surface area contributed by atoms with Crippen molar-refractivity contribution in [1.82, 2.24) is 19.7 Å². The summed E-state index contributed by atoms with van der Waals surface area (Å²) < 4.78 is 48.4. The van der Waals surface area contributed by atoms with Crippen molar-refractivity contribution in [3.05, 3.63) is 95.2 Å². The zero-order valence-corrected chi connectivity index (χ0v) is 21.2. The van der Waals surface area contributed by atoms with Crippen molar-refractivity contribution in [3.8, 4) is 11.6 Å². The number of rotatable bonds is 8. The van der Waals surface area contributed by atoms with E-state index in [-0.39, 0.29) is 29.1 Å². The second-order valence-corrected chi connectivity index (χ2v) is 9.01. The Morgan fingerprint density at radius 2 is 1.82 bits per heavy atom. The number of hydrogen-bond acceptors (Lipinski definition) is 6. The number of carbonyl (C=O) groups excluding carboxylic acids is 1. The quantitative estimate of drug-likeness (QED) is 0.311. The molecule has 4 rings (SSSR count). The highest BCUT2D eigenvalue weighted by Crippen LogP contribution is 2.38. The minimum Gasteiger partial charge on any atom is -0.478 e. The van der Waals surface area contributed by atoms with Crippen LogP contribution >= 0.6 is 0 Å². The van der Waals surface area contributed by atoms with E-state index in [9.17, 15) is 27.9 Å². The molecule has 2 heterocycles. The van der Waals surface area contributed by atoms with Crippen LogP contribution < -0.4 is 9.64 Å². The Labute approximate surface area is 221 Å². The second kappa shape index (κ2) is 10.9. The Morgan fingerprint density at radius 3 is 2.41 bits per heavy atom. The fourth-order valence-corrected chi connectivity index (χ4v) is 3.90. The van der Waals surface area contributed by atoms with E-state index in [1.165, 1.54) is 40.6 Å². The molecule has 4 aromatic rings. The number of pyridine rings is 1. The van der Waals surface area contributed by atoms with Crippen molar-refractivity contribution in [2.75, 3.05) is 4.90 Å². The number of halogens is 3. The highest BCUT2D eigenvalue weighted by atomic mass is 19.4. The number of aryl methyl sites for hydroxylation is 1. The molecule has 0 spiro atoms. The Bertz CT molecular complexity index is 1490. The lowest BCUT2D eigenvalue weighted by molar-refractivity contribution is -0.138. The van der Waals surface area contributed by atoms with Crippen LogP contribution in [0.15, 0.2) is 67.4 Å². The molecule has 9 nitrogen and oxygen atoms in total. The topological polar surface area (TPSA) is 110 Å². The van der Waals surface area contributed by atoms with Gasteiger partial charge in [-0.25, -0.2) is 19.4 Å². The maximum atomic E-state index is 13.9. The van der Waals surface area contributed by atoms with Gasteiger partial charge < -0.3 is 14.7 Å². The minimum absolute atomic E-state index is 0.00820.